The van der Waals surface area contributed by atoms with Gasteiger partial charge in [-0.1, -0.05) is 12.1 Å². The van der Waals surface area contributed by atoms with Crippen LogP contribution in [0.15, 0.2) is 42.5 Å². The molecule has 0 spiro atoms. The lowest BCUT2D eigenvalue weighted by Gasteiger charge is -2.36. The maximum atomic E-state index is 13.7. The summed E-state index contributed by atoms with van der Waals surface area (Å²) >= 11 is 0. The lowest BCUT2D eigenvalue weighted by Crippen LogP contribution is -2.43. The Kier molecular flexibility index (Phi) is 4.41. The van der Waals surface area contributed by atoms with Crippen LogP contribution in [0.3, 0.4) is 0 Å². The molecule has 0 radical (unpaired) electrons. The molecule has 6 nitrogen and oxygen atoms in total. The third-order valence-electron chi connectivity index (χ3n) is 5.60. The summed E-state index contributed by atoms with van der Waals surface area (Å²) in [6, 6.07) is 11.4. The predicted molar refractivity (Wildman–Crippen MR) is 106 cm³/mol. The summed E-state index contributed by atoms with van der Waals surface area (Å²) in [5.41, 5.74) is 9.95. The van der Waals surface area contributed by atoms with Gasteiger partial charge in [0.1, 0.15) is 11.6 Å². The van der Waals surface area contributed by atoms with Crippen LogP contribution in [0.25, 0.3) is 10.9 Å². The number of aromatic nitrogens is 1. The number of carbonyl (C=O) groups is 1. The Morgan fingerprint density at radius 2 is 2.00 bits per heavy atom. The van der Waals surface area contributed by atoms with Crippen molar-refractivity contribution in [2.75, 3.05) is 25.5 Å². The summed E-state index contributed by atoms with van der Waals surface area (Å²) in [5, 5.41) is 0.883. The molecule has 3 heterocycles. The van der Waals surface area contributed by atoms with Gasteiger partial charge in [-0.25, -0.2) is 9.37 Å². The van der Waals surface area contributed by atoms with E-state index in [0.717, 1.165) is 27.6 Å². The molecule has 7 heteroatoms. The van der Waals surface area contributed by atoms with E-state index < -0.39 is 0 Å². The third kappa shape index (κ3) is 3.12. The van der Waals surface area contributed by atoms with Crippen molar-refractivity contribution in [2.24, 2.45) is 0 Å². The number of morpholine rings is 1. The molecule has 3 aromatic rings. The molecule has 0 saturated carbocycles. The van der Waals surface area contributed by atoms with Gasteiger partial charge in [0.15, 0.2) is 0 Å². The highest BCUT2D eigenvalue weighted by molar-refractivity contribution is 5.99. The van der Waals surface area contributed by atoms with E-state index in [-0.39, 0.29) is 17.8 Å². The summed E-state index contributed by atoms with van der Waals surface area (Å²) in [6.45, 7) is 2.13. The van der Waals surface area contributed by atoms with E-state index in [1.54, 1.807) is 17.0 Å². The first-order valence-electron chi connectivity index (χ1n) is 9.55. The number of hydrogen-bond donors (Lipinski definition) is 1. The predicted octanol–water partition coefficient (Wildman–Crippen LogP) is 3.20. The molecule has 2 N–H and O–H groups in total. The first-order chi connectivity index (χ1) is 14.1. The van der Waals surface area contributed by atoms with Crippen molar-refractivity contribution < 1.29 is 18.7 Å². The summed E-state index contributed by atoms with van der Waals surface area (Å²) in [7, 11) is 0. The van der Waals surface area contributed by atoms with E-state index >= 15 is 0 Å². The second-order valence-corrected chi connectivity index (χ2v) is 7.32. The van der Waals surface area contributed by atoms with Crippen LogP contribution in [0.1, 0.15) is 33.1 Å². The zero-order valence-electron chi connectivity index (χ0n) is 15.7. The summed E-state index contributed by atoms with van der Waals surface area (Å²) in [5.74, 6) is 0.0304. The molecule has 2 aliphatic heterocycles. The van der Waals surface area contributed by atoms with Crippen LogP contribution in [-0.2, 0) is 22.7 Å². The fourth-order valence-electron chi connectivity index (χ4n) is 4.11. The summed E-state index contributed by atoms with van der Waals surface area (Å²) in [6.07, 6.45) is 0. The van der Waals surface area contributed by atoms with Crippen LogP contribution in [0.2, 0.25) is 0 Å². The molecular formula is C22H20FN3O3. The number of ether oxygens (including phenoxy) is 2. The molecule has 1 saturated heterocycles. The molecule has 1 amide bonds. The van der Waals surface area contributed by atoms with E-state index in [2.05, 4.69) is 4.98 Å². The van der Waals surface area contributed by atoms with E-state index in [0.29, 0.717) is 44.4 Å². The van der Waals surface area contributed by atoms with E-state index in [4.69, 9.17) is 15.2 Å². The van der Waals surface area contributed by atoms with E-state index in [1.807, 2.05) is 18.2 Å². The van der Waals surface area contributed by atoms with E-state index in [1.165, 1.54) is 12.1 Å². The quantitative estimate of drug-likeness (QED) is 0.724. The average molecular weight is 393 g/mol. The van der Waals surface area contributed by atoms with Gasteiger partial charge in [-0.2, -0.15) is 0 Å². The lowest BCUT2D eigenvalue weighted by atomic mass is 10.0. The van der Waals surface area contributed by atoms with Gasteiger partial charge in [-0.3, -0.25) is 4.79 Å². The van der Waals surface area contributed by atoms with Crippen LogP contribution >= 0.6 is 0 Å². The Labute approximate surface area is 167 Å². The number of anilines is 1. The SMILES string of the molecule is Nc1nc2ccc(C(=O)N3CCOC[C@@H]3c3cccc(F)c3)cc2c2c1COC2. The fraction of sp³-hybridized carbons (Fsp3) is 0.273. The zero-order chi connectivity index (χ0) is 20.0. The molecule has 0 bridgehead atoms. The topological polar surface area (TPSA) is 77.7 Å². The highest BCUT2D eigenvalue weighted by atomic mass is 19.1. The number of carbonyl (C=O) groups excluding carboxylic acids is 1. The molecule has 1 aromatic heterocycles. The van der Waals surface area contributed by atoms with Crippen LogP contribution < -0.4 is 5.73 Å². The van der Waals surface area contributed by atoms with Crippen molar-refractivity contribution in [3.05, 3.63) is 70.5 Å². The van der Waals surface area contributed by atoms with Crippen LogP contribution in [0.5, 0.6) is 0 Å². The number of halogens is 1. The molecule has 0 aliphatic carbocycles. The van der Waals surface area contributed by atoms with Crippen LogP contribution in [0, 0.1) is 5.82 Å². The third-order valence-corrected chi connectivity index (χ3v) is 5.60. The molecule has 148 valence electrons. The first kappa shape index (κ1) is 18.0. The normalized spacial score (nSPS) is 18.8. The van der Waals surface area contributed by atoms with E-state index in [9.17, 15) is 9.18 Å². The molecular weight excluding hydrogens is 373 g/mol. The van der Waals surface area contributed by atoms with Gasteiger partial charge in [0, 0.05) is 23.1 Å². The van der Waals surface area contributed by atoms with Crippen molar-refractivity contribution in [1.82, 2.24) is 9.88 Å². The van der Waals surface area contributed by atoms with Gasteiger partial charge < -0.3 is 20.1 Å². The average Bonchev–Trinajstić information content (AvgIpc) is 3.24. The number of amides is 1. The Morgan fingerprint density at radius 3 is 2.86 bits per heavy atom. The Balaban J connectivity index is 1.53. The summed E-state index contributed by atoms with van der Waals surface area (Å²) in [4.78, 5) is 19.6. The summed E-state index contributed by atoms with van der Waals surface area (Å²) < 4.78 is 24.9. The smallest absolute Gasteiger partial charge is 0.254 e. The van der Waals surface area contributed by atoms with Crippen LogP contribution in [0.4, 0.5) is 10.2 Å². The molecule has 2 aromatic carbocycles. The monoisotopic (exact) mass is 393 g/mol. The van der Waals surface area contributed by atoms with Gasteiger partial charge in [0.05, 0.1) is 38.0 Å². The molecule has 1 atom stereocenters. The minimum Gasteiger partial charge on any atom is -0.383 e. The van der Waals surface area contributed by atoms with Crippen LogP contribution in [-0.4, -0.2) is 35.5 Å². The number of nitrogens with two attached hydrogens (primary N) is 1. The Bertz CT molecular complexity index is 1120. The van der Waals surface area contributed by atoms with Gasteiger partial charge >= 0.3 is 0 Å². The minimum absolute atomic E-state index is 0.117. The minimum atomic E-state index is -0.332. The molecule has 5 rings (SSSR count). The number of hydrogen-bond acceptors (Lipinski definition) is 5. The van der Waals surface area contributed by atoms with Gasteiger partial charge in [0.2, 0.25) is 0 Å². The molecule has 2 aliphatic rings. The van der Waals surface area contributed by atoms with Gasteiger partial charge in [-0.15, -0.1) is 0 Å². The number of pyridine rings is 1. The number of nitrogens with zero attached hydrogens (tertiary/aromatic N) is 2. The second-order valence-electron chi connectivity index (χ2n) is 7.32. The Morgan fingerprint density at radius 1 is 1.14 bits per heavy atom. The van der Waals surface area contributed by atoms with Gasteiger partial charge in [0.25, 0.3) is 5.91 Å². The fourth-order valence-corrected chi connectivity index (χ4v) is 4.11. The zero-order valence-corrected chi connectivity index (χ0v) is 15.7. The number of benzene rings is 2. The standard InChI is InChI=1S/C22H20FN3O3/c23-15-3-1-2-13(8-15)20-12-28-7-6-26(20)22(27)14-4-5-19-16(9-14)17-10-29-11-18(17)21(24)25-19/h1-5,8-9,20H,6-7,10-12H2,(H2,24,25)/t20-/m1/s1. The molecule has 0 unspecified atom stereocenters. The number of nitrogen functional groups attached to an aromatic ring is 1. The van der Waals surface area contributed by atoms with Crippen molar-refractivity contribution in [3.8, 4) is 0 Å². The lowest BCUT2D eigenvalue weighted by molar-refractivity contribution is -0.00276. The maximum Gasteiger partial charge on any atom is 0.254 e. The van der Waals surface area contributed by atoms with Crippen molar-refractivity contribution >= 4 is 22.6 Å². The molecule has 29 heavy (non-hydrogen) atoms. The Hall–Kier alpha value is -3.03. The van der Waals surface area contributed by atoms with Crippen molar-refractivity contribution in [3.63, 3.8) is 0 Å². The highest BCUT2D eigenvalue weighted by Crippen LogP contribution is 2.33. The second kappa shape index (κ2) is 7.09. The largest absolute Gasteiger partial charge is 0.383 e. The maximum absolute atomic E-state index is 13.7. The van der Waals surface area contributed by atoms with Gasteiger partial charge in [-0.05, 0) is 41.5 Å². The first-order valence-corrected chi connectivity index (χ1v) is 9.55. The molecule has 1 fully saturated rings. The van der Waals surface area contributed by atoms with Crippen molar-refractivity contribution in [2.45, 2.75) is 19.3 Å². The highest BCUT2D eigenvalue weighted by Gasteiger charge is 2.30. The number of rotatable bonds is 2. The number of fused-ring (bicyclic) bond motifs is 3. The van der Waals surface area contributed by atoms with Crippen molar-refractivity contribution in [1.29, 1.82) is 0 Å².